The maximum Gasteiger partial charge on any atom is 0.339 e. The molecule has 4 aromatic carbocycles. The Balaban J connectivity index is 1.81. The van der Waals surface area contributed by atoms with Gasteiger partial charge < -0.3 is 9.84 Å². The van der Waals surface area contributed by atoms with Crippen molar-refractivity contribution in [3.8, 4) is 0 Å². The predicted octanol–water partition coefficient (Wildman–Crippen LogP) is 5.39. The fourth-order valence-corrected chi connectivity index (χ4v) is 5.39. The third-order valence-electron chi connectivity index (χ3n) is 5.79. The van der Waals surface area contributed by atoms with Crippen molar-refractivity contribution in [2.75, 3.05) is 0 Å². The largest absolute Gasteiger partial charge is 0.450 e. The summed E-state index contributed by atoms with van der Waals surface area (Å²) < 4.78 is 6.16. The summed E-state index contributed by atoms with van der Waals surface area (Å²) in [6.07, 6.45) is -0.622. The third-order valence-corrected chi connectivity index (χ3v) is 8.03. The molecule has 0 aliphatic heterocycles. The van der Waals surface area contributed by atoms with Crippen LogP contribution in [0.5, 0.6) is 0 Å². The van der Waals surface area contributed by atoms with Crippen molar-refractivity contribution < 1.29 is 14.6 Å². The molecule has 0 saturated heterocycles. The maximum absolute atomic E-state index is 13.6. The lowest BCUT2D eigenvalue weighted by atomic mass is 9.95. The van der Waals surface area contributed by atoms with Crippen LogP contribution in [0.4, 0.5) is 0 Å². The monoisotopic (exact) mass is 426 g/mol. The van der Waals surface area contributed by atoms with Gasteiger partial charge in [-0.1, -0.05) is 116 Å². The van der Waals surface area contributed by atoms with Crippen LogP contribution in [-0.4, -0.2) is 19.9 Å². The van der Waals surface area contributed by atoms with Gasteiger partial charge in [0, 0.05) is 5.56 Å². The van der Waals surface area contributed by atoms with Crippen molar-refractivity contribution in [2.45, 2.75) is 24.4 Å². The molecule has 0 fully saturated rings. The van der Waals surface area contributed by atoms with Gasteiger partial charge in [0.2, 0.25) is 0 Å². The van der Waals surface area contributed by atoms with Gasteiger partial charge in [0.05, 0.1) is 8.80 Å². The van der Waals surface area contributed by atoms with Crippen molar-refractivity contribution in [1.29, 1.82) is 0 Å². The van der Waals surface area contributed by atoms with Crippen LogP contribution in [0.25, 0.3) is 10.8 Å². The predicted molar refractivity (Wildman–Crippen MR) is 128 cm³/mol. The highest BCUT2D eigenvalue weighted by atomic mass is 28.3. The zero-order chi connectivity index (χ0) is 21.8. The first-order valence-electron chi connectivity index (χ1n) is 10.5. The van der Waals surface area contributed by atoms with E-state index in [-0.39, 0.29) is 0 Å². The van der Waals surface area contributed by atoms with Crippen molar-refractivity contribution in [3.63, 3.8) is 0 Å². The van der Waals surface area contributed by atoms with Gasteiger partial charge in [-0.2, -0.15) is 0 Å². The lowest BCUT2D eigenvalue weighted by molar-refractivity contribution is -0.162. The molecule has 4 aromatic rings. The number of aliphatic hydroxyl groups is 1. The van der Waals surface area contributed by atoms with Crippen LogP contribution >= 0.6 is 0 Å². The highest BCUT2D eigenvalue weighted by molar-refractivity contribution is 6.63. The summed E-state index contributed by atoms with van der Waals surface area (Å²) >= 11 is 0. The topological polar surface area (TPSA) is 46.5 Å². The molecule has 2 atom stereocenters. The Morgan fingerprint density at radius 1 is 0.806 bits per heavy atom. The number of ether oxygens (including phenoxy) is 1. The molecule has 0 saturated carbocycles. The molecule has 3 nitrogen and oxygen atoms in total. The van der Waals surface area contributed by atoms with Gasteiger partial charge >= 0.3 is 5.97 Å². The average molecular weight is 427 g/mol. The Morgan fingerprint density at radius 2 is 1.39 bits per heavy atom. The first-order chi connectivity index (χ1) is 15.0. The van der Waals surface area contributed by atoms with Gasteiger partial charge in [0.1, 0.15) is 0 Å². The standard InChI is InChI=1S/C27H26O3Si/c1-31(2)27(29,22-16-7-4-8-17-22)26(28)30-25(21-13-5-3-6-14-21)24-19-11-15-20-12-9-10-18-23(20)24/h3-19,25,29,31H,1-2H3/t25-,27+/m1/s1. The number of hydrogen-bond donors (Lipinski definition) is 1. The quantitative estimate of drug-likeness (QED) is 0.332. The molecular weight excluding hydrogens is 400 g/mol. The van der Waals surface area contributed by atoms with Crippen LogP contribution in [-0.2, 0) is 14.8 Å². The summed E-state index contributed by atoms with van der Waals surface area (Å²) in [5.41, 5.74) is 2.36. The molecule has 0 radical (unpaired) electrons. The van der Waals surface area contributed by atoms with E-state index in [0.29, 0.717) is 5.56 Å². The van der Waals surface area contributed by atoms with Crippen LogP contribution in [0.1, 0.15) is 22.8 Å². The molecule has 4 heteroatoms. The molecule has 0 amide bonds. The van der Waals surface area contributed by atoms with Crippen molar-refractivity contribution in [3.05, 3.63) is 120 Å². The maximum atomic E-state index is 13.6. The number of hydrogen-bond acceptors (Lipinski definition) is 3. The Morgan fingerprint density at radius 3 is 2.06 bits per heavy atom. The van der Waals surface area contributed by atoms with Crippen LogP contribution in [0.3, 0.4) is 0 Å². The molecule has 0 heterocycles. The Kier molecular flexibility index (Phi) is 6.03. The lowest BCUT2D eigenvalue weighted by Crippen LogP contribution is -2.48. The second kappa shape index (κ2) is 8.88. The van der Waals surface area contributed by atoms with Crippen LogP contribution in [0.15, 0.2) is 103 Å². The summed E-state index contributed by atoms with van der Waals surface area (Å²) in [6.45, 7) is 3.92. The molecule has 156 valence electrons. The van der Waals surface area contributed by atoms with E-state index in [2.05, 4.69) is 0 Å². The van der Waals surface area contributed by atoms with Gasteiger partial charge in [0.15, 0.2) is 11.3 Å². The minimum absolute atomic E-state index is 0.589. The Hall–Kier alpha value is -3.21. The molecule has 0 aliphatic carbocycles. The molecule has 0 unspecified atom stereocenters. The fourth-order valence-electron chi connectivity index (χ4n) is 3.99. The summed E-state index contributed by atoms with van der Waals surface area (Å²) in [4.78, 5) is 13.6. The van der Waals surface area contributed by atoms with E-state index in [0.717, 1.165) is 21.9 Å². The molecule has 1 N–H and O–H groups in total. The molecule has 0 spiro atoms. The van der Waals surface area contributed by atoms with E-state index in [4.69, 9.17) is 4.74 Å². The molecule has 0 aromatic heterocycles. The highest BCUT2D eigenvalue weighted by Crippen LogP contribution is 2.35. The first kappa shape index (κ1) is 21.0. The molecule has 31 heavy (non-hydrogen) atoms. The van der Waals surface area contributed by atoms with E-state index in [9.17, 15) is 9.90 Å². The van der Waals surface area contributed by atoms with E-state index in [1.54, 1.807) is 12.1 Å². The third kappa shape index (κ3) is 4.04. The lowest BCUT2D eigenvalue weighted by Gasteiger charge is -2.32. The smallest absolute Gasteiger partial charge is 0.339 e. The Labute approximate surface area is 184 Å². The zero-order valence-electron chi connectivity index (χ0n) is 17.7. The summed E-state index contributed by atoms with van der Waals surface area (Å²) in [5, 5.41) is 12.1. The second-order valence-electron chi connectivity index (χ2n) is 8.05. The molecule has 0 bridgehead atoms. The number of carbonyl (C=O) groups excluding carboxylic acids is 1. The highest BCUT2D eigenvalue weighted by Gasteiger charge is 2.44. The number of rotatable bonds is 6. The fraction of sp³-hybridized carbons (Fsp3) is 0.148. The van der Waals surface area contributed by atoms with Gasteiger partial charge in [-0.05, 0) is 21.9 Å². The van der Waals surface area contributed by atoms with E-state index < -0.39 is 26.1 Å². The molecule has 4 rings (SSSR count). The van der Waals surface area contributed by atoms with Gasteiger partial charge in [-0.15, -0.1) is 0 Å². The normalized spacial score (nSPS) is 14.2. The second-order valence-corrected chi connectivity index (χ2v) is 11.2. The minimum Gasteiger partial charge on any atom is -0.450 e. The zero-order valence-corrected chi connectivity index (χ0v) is 18.9. The molecular formula is C27H26O3Si. The number of fused-ring (bicyclic) bond motifs is 1. The Bertz CT molecular complexity index is 1170. The van der Waals surface area contributed by atoms with Gasteiger partial charge in [0.25, 0.3) is 0 Å². The summed E-state index contributed by atoms with van der Waals surface area (Å²) in [6, 6.07) is 32.9. The van der Waals surface area contributed by atoms with Gasteiger partial charge in [-0.25, -0.2) is 4.79 Å². The summed E-state index contributed by atoms with van der Waals surface area (Å²) in [7, 11) is -1.90. The SMILES string of the molecule is C[SiH](C)[C@](O)(C(=O)O[C@H](c1ccccc1)c1cccc2ccccc12)c1ccccc1. The van der Waals surface area contributed by atoms with Gasteiger partial charge in [-0.3, -0.25) is 0 Å². The van der Waals surface area contributed by atoms with E-state index >= 15 is 0 Å². The molecule has 0 aliphatic rings. The van der Waals surface area contributed by atoms with E-state index in [1.807, 2.05) is 104 Å². The average Bonchev–Trinajstić information content (AvgIpc) is 2.82. The van der Waals surface area contributed by atoms with Crippen molar-refractivity contribution >= 4 is 25.5 Å². The minimum atomic E-state index is -1.90. The van der Waals surface area contributed by atoms with Crippen molar-refractivity contribution in [2.24, 2.45) is 0 Å². The summed E-state index contributed by atoms with van der Waals surface area (Å²) in [5.74, 6) is -0.595. The van der Waals surface area contributed by atoms with E-state index in [1.165, 1.54) is 0 Å². The number of carbonyl (C=O) groups is 1. The van der Waals surface area contributed by atoms with Crippen LogP contribution in [0.2, 0.25) is 13.1 Å². The first-order valence-corrected chi connectivity index (χ1v) is 13.4. The van der Waals surface area contributed by atoms with Crippen LogP contribution < -0.4 is 0 Å². The number of benzene rings is 4. The van der Waals surface area contributed by atoms with Crippen LogP contribution in [0, 0.1) is 0 Å². The van der Waals surface area contributed by atoms with Crippen molar-refractivity contribution in [1.82, 2.24) is 0 Å². The number of esters is 1.